The monoisotopic (exact) mass is 396 g/mol. The highest BCUT2D eigenvalue weighted by Crippen LogP contribution is 2.18. The van der Waals surface area contributed by atoms with Crippen LogP contribution in [0.25, 0.3) is 0 Å². The lowest BCUT2D eigenvalue weighted by molar-refractivity contribution is -0.127. The number of hydrogen-bond acceptors (Lipinski definition) is 4. The first-order chi connectivity index (χ1) is 13.8. The second-order valence-electron chi connectivity index (χ2n) is 7.22. The van der Waals surface area contributed by atoms with E-state index in [4.69, 9.17) is 5.73 Å². The smallest absolute Gasteiger partial charge is 0.255 e. The van der Waals surface area contributed by atoms with Crippen LogP contribution in [-0.4, -0.2) is 30.3 Å². The molecular formula is C22H28N4O3. The van der Waals surface area contributed by atoms with Crippen LogP contribution in [0.1, 0.15) is 42.7 Å². The van der Waals surface area contributed by atoms with Gasteiger partial charge in [0, 0.05) is 11.3 Å². The lowest BCUT2D eigenvalue weighted by Gasteiger charge is -2.18. The minimum absolute atomic E-state index is 0.00850. The summed E-state index contributed by atoms with van der Waals surface area (Å²) in [6.07, 6.45) is 0. The lowest BCUT2D eigenvalue weighted by atomic mass is 10.1. The Hall–Kier alpha value is -3.19. The molecule has 0 spiro atoms. The first-order valence-electron chi connectivity index (χ1n) is 9.57. The van der Waals surface area contributed by atoms with Crippen LogP contribution in [0.15, 0.2) is 54.6 Å². The van der Waals surface area contributed by atoms with Crippen LogP contribution in [0.5, 0.6) is 0 Å². The third kappa shape index (κ3) is 6.73. The van der Waals surface area contributed by atoms with E-state index in [0.717, 1.165) is 5.56 Å². The first-order valence-corrected chi connectivity index (χ1v) is 9.57. The Morgan fingerprint density at radius 2 is 1.66 bits per heavy atom. The standard InChI is InChI=1S/C22H28N4O3/c1-14(2)20(23)22(29)24-13-19(27)25-15(3)17-10-7-11-18(12-17)26-21(28)16-8-5-4-6-9-16/h4-12,14-15,20H,13,23H2,1-3H3,(H,24,29)(H,25,27)(H,26,28)/t15?,20-/m0/s1. The Morgan fingerprint density at radius 3 is 2.31 bits per heavy atom. The van der Waals surface area contributed by atoms with Gasteiger partial charge in [0.2, 0.25) is 11.8 Å². The Labute approximate surface area is 171 Å². The zero-order valence-corrected chi connectivity index (χ0v) is 16.9. The topological polar surface area (TPSA) is 113 Å². The van der Waals surface area contributed by atoms with Crippen LogP contribution in [0, 0.1) is 5.92 Å². The summed E-state index contributed by atoms with van der Waals surface area (Å²) in [4.78, 5) is 36.3. The van der Waals surface area contributed by atoms with E-state index in [-0.39, 0.29) is 36.2 Å². The predicted octanol–water partition coefficient (Wildman–Crippen LogP) is 2.22. The third-order valence-electron chi connectivity index (χ3n) is 4.50. The van der Waals surface area contributed by atoms with Crippen LogP contribution in [0.4, 0.5) is 5.69 Å². The summed E-state index contributed by atoms with van der Waals surface area (Å²) in [7, 11) is 0. The molecule has 2 atom stereocenters. The molecule has 0 aliphatic carbocycles. The number of benzene rings is 2. The van der Waals surface area contributed by atoms with E-state index in [9.17, 15) is 14.4 Å². The number of amides is 3. The van der Waals surface area contributed by atoms with Crippen molar-refractivity contribution in [2.75, 3.05) is 11.9 Å². The van der Waals surface area contributed by atoms with Crippen LogP contribution in [-0.2, 0) is 9.59 Å². The molecule has 3 amide bonds. The molecule has 0 radical (unpaired) electrons. The van der Waals surface area contributed by atoms with Crippen molar-refractivity contribution in [2.45, 2.75) is 32.9 Å². The fourth-order valence-electron chi connectivity index (χ4n) is 2.64. The number of nitrogens with one attached hydrogen (secondary N) is 3. The molecule has 0 aromatic heterocycles. The molecule has 0 bridgehead atoms. The Bertz CT molecular complexity index is 852. The number of rotatable bonds is 8. The molecule has 2 aromatic rings. The van der Waals surface area contributed by atoms with Gasteiger partial charge in [0.15, 0.2) is 0 Å². The van der Waals surface area contributed by atoms with Crippen molar-refractivity contribution < 1.29 is 14.4 Å². The van der Waals surface area contributed by atoms with Gasteiger partial charge in [-0.3, -0.25) is 14.4 Å². The van der Waals surface area contributed by atoms with Gasteiger partial charge in [-0.15, -0.1) is 0 Å². The summed E-state index contributed by atoms with van der Waals surface area (Å²) in [5, 5.41) is 8.22. The van der Waals surface area contributed by atoms with E-state index in [0.29, 0.717) is 11.3 Å². The fourth-order valence-corrected chi connectivity index (χ4v) is 2.64. The average molecular weight is 396 g/mol. The second kappa shape index (κ2) is 10.4. The van der Waals surface area contributed by atoms with Gasteiger partial charge < -0.3 is 21.7 Å². The van der Waals surface area contributed by atoms with E-state index in [1.54, 1.807) is 36.4 Å². The Balaban J connectivity index is 1.91. The maximum absolute atomic E-state index is 12.3. The predicted molar refractivity (Wildman–Crippen MR) is 113 cm³/mol. The van der Waals surface area contributed by atoms with E-state index in [2.05, 4.69) is 16.0 Å². The molecule has 0 saturated carbocycles. The lowest BCUT2D eigenvalue weighted by Crippen LogP contribution is -2.47. The third-order valence-corrected chi connectivity index (χ3v) is 4.50. The minimum atomic E-state index is -0.648. The number of nitrogens with two attached hydrogens (primary N) is 1. The van der Waals surface area contributed by atoms with E-state index in [1.165, 1.54) is 0 Å². The second-order valence-corrected chi connectivity index (χ2v) is 7.22. The van der Waals surface area contributed by atoms with E-state index >= 15 is 0 Å². The largest absolute Gasteiger partial charge is 0.348 e. The molecule has 5 N–H and O–H groups in total. The van der Waals surface area contributed by atoms with Gasteiger partial charge >= 0.3 is 0 Å². The van der Waals surface area contributed by atoms with Gasteiger partial charge in [0.25, 0.3) is 5.91 Å². The molecular weight excluding hydrogens is 368 g/mol. The molecule has 154 valence electrons. The van der Waals surface area contributed by atoms with Crippen LogP contribution in [0.2, 0.25) is 0 Å². The highest BCUT2D eigenvalue weighted by atomic mass is 16.2. The number of carbonyl (C=O) groups is 3. The van der Waals surface area contributed by atoms with Gasteiger partial charge in [0.05, 0.1) is 18.6 Å². The van der Waals surface area contributed by atoms with Crippen LogP contribution in [0.3, 0.4) is 0 Å². The van der Waals surface area contributed by atoms with Gasteiger partial charge in [-0.05, 0) is 42.7 Å². The zero-order valence-electron chi connectivity index (χ0n) is 16.9. The summed E-state index contributed by atoms with van der Waals surface area (Å²) in [5.41, 5.74) is 7.78. The van der Waals surface area contributed by atoms with Gasteiger partial charge in [-0.1, -0.05) is 44.2 Å². The summed E-state index contributed by atoms with van der Waals surface area (Å²) >= 11 is 0. The molecule has 0 fully saturated rings. The Kier molecular flexibility index (Phi) is 7.91. The van der Waals surface area contributed by atoms with E-state index in [1.807, 2.05) is 39.0 Å². The van der Waals surface area contributed by atoms with Crippen molar-refractivity contribution in [3.63, 3.8) is 0 Å². The quantitative estimate of drug-likeness (QED) is 0.548. The minimum Gasteiger partial charge on any atom is -0.348 e. The van der Waals surface area contributed by atoms with Crippen LogP contribution < -0.4 is 21.7 Å². The van der Waals surface area contributed by atoms with Gasteiger partial charge in [-0.2, -0.15) is 0 Å². The molecule has 0 aliphatic rings. The normalized spacial score (nSPS) is 12.7. The molecule has 2 rings (SSSR count). The maximum Gasteiger partial charge on any atom is 0.255 e. The molecule has 2 aromatic carbocycles. The van der Waals surface area contributed by atoms with Gasteiger partial charge in [0.1, 0.15) is 0 Å². The average Bonchev–Trinajstić information content (AvgIpc) is 2.72. The van der Waals surface area contributed by atoms with E-state index < -0.39 is 6.04 Å². The highest BCUT2D eigenvalue weighted by Gasteiger charge is 2.18. The van der Waals surface area contributed by atoms with Crippen molar-refractivity contribution in [1.82, 2.24) is 10.6 Å². The molecule has 0 heterocycles. The molecule has 29 heavy (non-hydrogen) atoms. The molecule has 0 saturated heterocycles. The SMILES string of the molecule is CC(NC(=O)CNC(=O)[C@@H](N)C(C)C)c1cccc(NC(=O)c2ccccc2)c1. The maximum atomic E-state index is 12.3. The summed E-state index contributed by atoms with van der Waals surface area (Å²) < 4.78 is 0. The number of hydrogen-bond donors (Lipinski definition) is 4. The van der Waals surface area contributed by atoms with Gasteiger partial charge in [-0.25, -0.2) is 0 Å². The summed E-state index contributed by atoms with van der Waals surface area (Å²) in [5.74, 6) is -0.886. The van der Waals surface area contributed by atoms with Crippen molar-refractivity contribution in [3.8, 4) is 0 Å². The summed E-state index contributed by atoms with van der Waals surface area (Å²) in [6, 6.07) is 15.2. The highest BCUT2D eigenvalue weighted by molar-refractivity contribution is 6.04. The number of carbonyl (C=O) groups excluding carboxylic acids is 3. The molecule has 1 unspecified atom stereocenters. The van der Waals surface area contributed by atoms with Crippen LogP contribution >= 0.6 is 0 Å². The zero-order chi connectivity index (χ0) is 21.4. The number of anilines is 1. The molecule has 7 heteroatoms. The molecule has 0 aliphatic heterocycles. The van der Waals surface area contributed by atoms with Crippen molar-refractivity contribution in [2.24, 2.45) is 11.7 Å². The first kappa shape index (κ1) is 22.1. The molecule has 7 nitrogen and oxygen atoms in total. The van der Waals surface area contributed by atoms with Crippen molar-refractivity contribution in [1.29, 1.82) is 0 Å². The summed E-state index contributed by atoms with van der Waals surface area (Å²) in [6.45, 7) is 5.37. The van der Waals surface area contributed by atoms with Crippen molar-refractivity contribution >= 4 is 23.4 Å². The van der Waals surface area contributed by atoms with Crippen molar-refractivity contribution in [3.05, 3.63) is 65.7 Å². The Morgan fingerprint density at radius 1 is 0.966 bits per heavy atom. The fraction of sp³-hybridized carbons (Fsp3) is 0.318.